The van der Waals surface area contributed by atoms with E-state index in [-0.39, 0.29) is 17.4 Å². The number of nitrogens with zero attached hydrogens (tertiary/aromatic N) is 4. The number of imidazole rings is 1. The Labute approximate surface area is 170 Å². The number of sulfonamides is 1. The van der Waals surface area contributed by atoms with Crippen LogP contribution in [0.15, 0.2) is 35.7 Å². The van der Waals surface area contributed by atoms with Crippen molar-refractivity contribution < 1.29 is 13.2 Å². The number of carbonyl (C=O) groups excluding carboxylic acids is 1. The second-order valence-electron chi connectivity index (χ2n) is 6.77. The molecule has 1 aliphatic rings. The largest absolute Gasteiger partial charge is 0.339 e. The average molecular weight is 423 g/mol. The number of piperazine rings is 1. The maximum Gasteiger partial charge on any atom is 0.233 e. The lowest BCUT2D eigenvalue weighted by atomic mass is 10.1. The molecule has 0 bridgehead atoms. The molecule has 0 saturated carbocycles. The van der Waals surface area contributed by atoms with Gasteiger partial charge in [0.1, 0.15) is 0 Å². The third-order valence-corrected chi connectivity index (χ3v) is 7.95. The van der Waals surface area contributed by atoms with E-state index in [0.717, 1.165) is 10.8 Å². The topological polar surface area (TPSA) is 75.5 Å². The van der Waals surface area contributed by atoms with Gasteiger partial charge in [-0.2, -0.15) is 4.31 Å². The van der Waals surface area contributed by atoms with Crippen molar-refractivity contribution in [1.29, 1.82) is 0 Å². The van der Waals surface area contributed by atoms with Crippen LogP contribution in [0.4, 0.5) is 0 Å². The van der Waals surface area contributed by atoms with Gasteiger partial charge in [0.2, 0.25) is 15.9 Å². The molecule has 0 N–H and O–H groups in total. The van der Waals surface area contributed by atoms with Gasteiger partial charge in [-0.25, -0.2) is 13.4 Å². The van der Waals surface area contributed by atoms with E-state index in [9.17, 15) is 13.2 Å². The van der Waals surface area contributed by atoms with E-state index in [0.29, 0.717) is 26.2 Å². The number of thioether (sulfide) groups is 1. The summed E-state index contributed by atoms with van der Waals surface area (Å²) in [5, 5.41) is 0.772. The van der Waals surface area contributed by atoms with Crippen LogP contribution in [0.1, 0.15) is 18.1 Å². The molecular weight excluding hydrogens is 396 g/mol. The number of aryl methyl sites for hydroxylation is 1. The Morgan fingerprint density at radius 2 is 1.89 bits per heavy atom. The van der Waals surface area contributed by atoms with Crippen molar-refractivity contribution in [1.82, 2.24) is 18.8 Å². The molecule has 1 aromatic heterocycles. The van der Waals surface area contributed by atoms with Crippen LogP contribution >= 0.6 is 11.8 Å². The summed E-state index contributed by atoms with van der Waals surface area (Å²) in [4.78, 5) is 18.7. The number of hydrogen-bond donors (Lipinski definition) is 0. The average Bonchev–Trinajstić information content (AvgIpc) is 3.16. The zero-order chi connectivity index (χ0) is 20.3. The molecule has 2 aromatic rings. The van der Waals surface area contributed by atoms with Gasteiger partial charge in [0.15, 0.2) is 5.16 Å². The molecule has 1 aliphatic heterocycles. The third kappa shape index (κ3) is 4.42. The Hall–Kier alpha value is -1.84. The number of carbonyl (C=O) groups is 1. The zero-order valence-electron chi connectivity index (χ0n) is 16.5. The van der Waals surface area contributed by atoms with Crippen molar-refractivity contribution in [3.05, 3.63) is 41.7 Å². The number of rotatable bonds is 6. The number of aromatic nitrogens is 2. The van der Waals surface area contributed by atoms with Gasteiger partial charge in [0.25, 0.3) is 0 Å². The summed E-state index contributed by atoms with van der Waals surface area (Å²) >= 11 is 1.40. The summed E-state index contributed by atoms with van der Waals surface area (Å²) in [5.74, 6) is 0.384. The van der Waals surface area contributed by atoms with Gasteiger partial charge < -0.3 is 4.90 Å². The van der Waals surface area contributed by atoms with Gasteiger partial charge in [0, 0.05) is 38.6 Å². The number of benzene rings is 1. The van der Waals surface area contributed by atoms with E-state index >= 15 is 0 Å². The molecular formula is C19H26N4O3S2. The first-order chi connectivity index (χ1) is 13.3. The van der Waals surface area contributed by atoms with Crippen LogP contribution in [0.25, 0.3) is 5.69 Å². The highest BCUT2D eigenvalue weighted by atomic mass is 32.2. The summed E-state index contributed by atoms with van der Waals surface area (Å²) in [6, 6.07) is 6.13. The molecule has 0 radical (unpaired) electrons. The molecule has 1 aromatic carbocycles. The van der Waals surface area contributed by atoms with Gasteiger partial charge in [-0.05, 0) is 38.0 Å². The molecule has 1 amide bonds. The van der Waals surface area contributed by atoms with Crippen LogP contribution in [-0.4, -0.2) is 70.8 Å². The number of hydrogen-bond acceptors (Lipinski definition) is 5. The summed E-state index contributed by atoms with van der Waals surface area (Å²) < 4.78 is 27.4. The Bertz CT molecular complexity index is 948. The van der Waals surface area contributed by atoms with Crippen molar-refractivity contribution in [2.24, 2.45) is 0 Å². The summed E-state index contributed by atoms with van der Waals surface area (Å²) in [5.41, 5.74) is 3.45. The normalized spacial score (nSPS) is 15.8. The zero-order valence-corrected chi connectivity index (χ0v) is 18.1. The SMILES string of the molecule is CCS(=O)(=O)N1CCN(C(=O)CSc2nccn2-c2cccc(C)c2C)CC1. The lowest BCUT2D eigenvalue weighted by molar-refractivity contribution is -0.129. The molecule has 9 heteroatoms. The van der Waals surface area contributed by atoms with Crippen LogP contribution in [0.2, 0.25) is 0 Å². The minimum Gasteiger partial charge on any atom is -0.339 e. The highest BCUT2D eigenvalue weighted by molar-refractivity contribution is 7.99. The molecule has 7 nitrogen and oxygen atoms in total. The highest BCUT2D eigenvalue weighted by Gasteiger charge is 2.27. The van der Waals surface area contributed by atoms with Crippen molar-refractivity contribution in [2.75, 3.05) is 37.7 Å². The molecule has 1 fully saturated rings. The van der Waals surface area contributed by atoms with Crippen molar-refractivity contribution in [3.8, 4) is 5.69 Å². The summed E-state index contributed by atoms with van der Waals surface area (Å²) in [6.45, 7) is 7.39. The van der Waals surface area contributed by atoms with Gasteiger partial charge in [0.05, 0.1) is 17.2 Å². The Morgan fingerprint density at radius 1 is 1.18 bits per heavy atom. The van der Waals surface area contributed by atoms with E-state index in [1.165, 1.54) is 27.2 Å². The van der Waals surface area contributed by atoms with Crippen LogP contribution in [0.3, 0.4) is 0 Å². The van der Waals surface area contributed by atoms with Crippen LogP contribution in [0.5, 0.6) is 0 Å². The van der Waals surface area contributed by atoms with Gasteiger partial charge in [-0.15, -0.1) is 0 Å². The summed E-state index contributed by atoms with van der Waals surface area (Å²) in [6.07, 6.45) is 3.64. The molecule has 2 heterocycles. The molecule has 152 valence electrons. The highest BCUT2D eigenvalue weighted by Crippen LogP contribution is 2.24. The van der Waals surface area contributed by atoms with E-state index in [2.05, 4.69) is 24.9 Å². The predicted octanol–water partition coefficient (Wildman–Crippen LogP) is 2.08. The fourth-order valence-corrected chi connectivity index (χ4v) is 5.15. The van der Waals surface area contributed by atoms with Gasteiger partial charge >= 0.3 is 0 Å². The van der Waals surface area contributed by atoms with E-state index < -0.39 is 10.0 Å². The first-order valence-electron chi connectivity index (χ1n) is 9.32. The molecule has 1 saturated heterocycles. The maximum absolute atomic E-state index is 12.6. The van der Waals surface area contributed by atoms with Crippen LogP contribution in [0, 0.1) is 13.8 Å². The molecule has 0 unspecified atom stereocenters. The molecule has 0 aliphatic carbocycles. The second-order valence-corrected chi connectivity index (χ2v) is 9.97. The van der Waals surface area contributed by atoms with Crippen molar-refractivity contribution >= 4 is 27.7 Å². The van der Waals surface area contributed by atoms with Gasteiger partial charge in [-0.1, -0.05) is 23.9 Å². The fraction of sp³-hybridized carbons (Fsp3) is 0.474. The molecule has 3 rings (SSSR count). The van der Waals surface area contributed by atoms with Gasteiger partial charge in [-0.3, -0.25) is 9.36 Å². The predicted molar refractivity (Wildman–Crippen MR) is 111 cm³/mol. The quantitative estimate of drug-likeness (QED) is 0.666. The summed E-state index contributed by atoms with van der Waals surface area (Å²) in [7, 11) is -3.19. The van der Waals surface area contributed by atoms with Crippen LogP contribution in [-0.2, 0) is 14.8 Å². The Morgan fingerprint density at radius 3 is 2.57 bits per heavy atom. The fourth-order valence-electron chi connectivity index (χ4n) is 3.19. The van der Waals surface area contributed by atoms with E-state index in [1.807, 2.05) is 22.9 Å². The first-order valence-corrected chi connectivity index (χ1v) is 11.9. The molecule has 28 heavy (non-hydrogen) atoms. The van der Waals surface area contributed by atoms with Crippen molar-refractivity contribution in [2.45, 2.75) is 25.9 Å². The lowest BCUT2D eigenvalue weighted by Crippen LogP contribution is -2.51. The van der Waals surface area contributed by atoms with Crippen LogP contribution < -0.4 is 0 Å². The Kier molecular flexibility index (Phi) is 6.47. The standard InChI is InChI=1S/C19H26N4O3S2/c1-4-28(25,26)22-12-10-21(11-13-22)18(24)14-27-19-20-8-9-23(19)17-7-5-6-15(2)16(17)3/h5-9H,4,10-14H2,1-3H3. The number of amides is 1. The lowest BCUT2D eigenvalue weighted by Gasteiger charge is -2.33. The molecule has 0 spiro atoms. The third-order valence-electron chi connectivity index (χ3n) is 5.12. The minimum absolute atomic E-state index is 0.00839. The Balaban J connectivity index is 1.61. The van der Waals surface area contributed by atoms with E-state index in [1.54, 1.807) is 18.0 Å². The minimum atomic E-state index is -3.19. The van der Waals surface area contributed by atoms with Crippen molar-refractivity contribution in [3.63, 3.8) is 0 Å². The second kappa shape index (κ2) is 8.67. The maximum atomic E-state index is 12.6. The molecule has 0 atom stereocenters. The monoisotopic (exact) mass is 422 g/mol. The first kappa shape index (κ1) is 20.9. The van der Waals surface area contributed by atoms with E-state index in [4.69, 9.17) is 0 Å². The smallest absolute Gasteiger partial charge is 0.233 e.